The number of hydrogen-bond donors (Lipinski definition) is 1. The molecule has 3 heteroatoms. The van der Waals surface area contributed by atoms with E-state index in [1.54, 1.807) is 0 Å². The van der Waals surface area contributed by atoms with Gasteiger partial charge in [-0.2, -0.15) is 0 Å². The zero-order valence-electron chi connectivity index (χ0n) is 10.6. The number of nitrogens with zero attached hydrogens (tertiary/aromatic N) is 1. The van der Waals surface area contributed by atoms with Gasteiger partial charge in [0.2, 0.25) is 5.91 Å². The molecule has 3 rings (SSSR count). The maximum atomic E-state index is 12.4. The molecule has 1 N–H and O–H groups in total. The topological polar surface area (TPSA) is 32.3 Å². The summed E-state index contributed by atoms with van der Waals surface area (Å²) in [5.74, 6) is 0.186. The third-order valence-corrected chi connectivity index (χ3v) is 3.79. The van der Waals surface area contributed by atoms with Crippen molar-refractivity contribution in [3.05, 3.63) is 35.9 Å². The SMILES string of the molecule is O=C(NC1CC1)[C@H](c1ccccc1)N1CCCC1. The van der Waals surface area contributed by atoms with Crippen molar-refractivity contribution >= 4 is 5.91 Å². The summed E-state index contributed by atoms with van der Waals surface area (Å²) in [6.45, 7) is 2.08. The van der Waals surface area contributed by atoms with Gasteiger partial charge in [0.15, 0.2) is 0 Å². The van der Waals surface area contributed by atoms with Crippen LogP contribution in [0.2, 0.25) is 0 Å². The summed E-state index contributed by atoms with van der Waals surface area (Å²) in [4.78, 5) is 14.7. The number of rotatable bonds is 4. The highest BCUT2D eigenvalue weighted by molar-refractivity contribution is 5.83. The summed E-state index contributed by atoms with van der Waals surface area (Å²) in [5.41, 5.74) is 1.12. The Morgan fingerprint density at radius 3 is 2.44 bits per heavy atom. The largest absolute Gasteiger partial charge is 0.352 e. The minimum Gasteiger partial charge on any atom is -0.352 e. The molecule has 1 heterocycles. The lowest BCUT2D eigenvalue weighted by molar-refractivity contribution is -0.126. The molecular weight excluding hydrogens is 224 g/mol. The normalized spacial score (nSPS) is 21.8. The van der Waals surface area contributed by atoms with Crippen LogP contribution < -0.4 is 5.32 Å². The molecule has 0 spiro atoms. The highest BCUT2D eigenvalue weighted by atomic mass is 16.2. The van der Waals surface area contributed by atoms with Crippen molar-refractivity contribution in [2.24, 2.45) is 0 Å². The third-order valence-electron chi connectivity index (χ3n) is 3.79. The van der Waals surface area contributed by atoms with Gasteiger partial charge in [-0.05, 0) is 44.3 Å². The van der Waals surface area contributed by atoms with Crippen LogP contribution in [0.4, 0.5) is 0 Å². The van der Waals surface area contributed by atoms with Crippen molar-refractivity contribution < 1.29 is 4.79 Å². The molecule has 1 atom stereocenters. The number of hydrogen-bond acceptors (Lipinski definition) is 2. The Kier molecular flexibility index (Phi) is 3.33. The van der Waals surface area contributed by atoms with Gasteiger partial charge in [-0.25, -0.2) is 0 Å². The molecule has 2 fully saturated rings. The van der Waals surface area contributed by atoms with Crippen LogP contribution in [0, 0.1) is 0 Å². The van der Waals surface area contributed by atoms with E-state index < -0.39 is 0 Å². The summed E-state index contributed by atoms with van der Waals surface area (Å²) in [6, 6.07) is 10.5. The highest BCUT2D eigenvalue weighted by Gasteiger charge is 2.33. The van der Waals surface area contributed by atoms with Crippen LogP contribution in [0.15, 0.2) is 30.3 Å². The van der Waals surface area contributed by atoms with E-state index in [0.29, 0.717) is 6.04 Å². The quantitative estimate of drug-likeness (QED) is 0.879. The molecule has 2 aliphatic rings. The smallest absolute Gasteiger partial charge is 0.242 e. The summed E-state index contributed by atoms with van der Waals surface area (Å²) in [6.07, 6.45) is 4.71. The Labute approximate surface area is 108 Å². The van der Waals surface area contributed by atoms with Crippen LogP contribution in [-0.4, -0.2) is 29.9 Å². The van der Waals surface area contributed by atoms with E-state index in [2.05, 4.69) is 22.3 Å². The van der Waals surface area contributed by atoms with Crippen LogP contribution in [0.1, 0.15) is 37.3 Å². The Bertz CT molecular complexity index is 408. The monoisotopic (exact) mass is 244 g/mol. The second-order valence-electron chi connectivity index (χ2n) is 5.34. The zero-order chi connectivity index (χ0) is 12.4. The Morgan fingerprint density at radius 2 is 1.83 bits per heavy atom. The fourth-order valence-electron chi connectivity index (χ4n) is 2.67. The van der Waals surface area contributed by atoms with Crippen LogP contribution in [0.25, 0.3) is 0 Å². The lowest BCUT2D eigenvalue weighted by Crippen LogP contribution is -2.40. The zero-order valence-corrected chi connectivity index (χ0v) is 10.6. The predicted molar refractivity (Wildman–Crippen MR) is 71.2 cm³/mol. The van der Waals surface area contributed by atoms with Crippen molar-refractivity contribution in [1.82, 2.24) is 10.2 Å². The first-order valence-electron chi connectivity index (χ1n) is 6.94. The molecule has 1 amide bonds. The van der Waals surface area contributed by atoms with E-state index in [1.807, 2.05) is 18.2 Å². The Morgan fingerprint density at radius 1 is 1.17 bits per heavy atom. The third kappa shape index (κ3) is 2.56. The van der Waals surface area contributed by atoms with Gasteiger partial charge in [-0.1, -0.05) is 30.3 Å². The van der Waals surface area contributed by atoms with Gasteiger partial charge in [0.05, 0.1) is 0 Å². The molecule has 0 aromatic heterocycles. The van der Waals surface area contributed by atoms with E-state index in [1.165, 1.54) is 12.8 Å². The number of carbonyl (C=O) groups is 1. The molecule has 18 heavy (non-hydrogen) atoms. The minimum absolute atomic E-state index is 0.0886. The average Bonchev–Trinajstić information content (AvgIpc) is 3.04. The first kappa shape index (κ1) is 11.7. The van der Waals surface area contributed by atoms with Gasteiger partial charge in [-0.3, -0.25) is 9.69 Å². The molecule has 96 valence electrons. The fourth-order valence-corrected chi connectivity index (χ4v) is 2.67. The Balaban J connectivity index is 1.80. The van der Waals surface area contributed by atoms with Gasteiger partial charge in [0, 0.05) is 6.04 Å². The van der Waals surface area contributed by atoms with Crippen molar-refractivity contribution in [3.63, 3.8) is 0 Å². The van der Waals surface area contributed by atoms with Gasteiger partial charge in [0.25, 0.3) is 0 Å². The molecule has 0 unspecified atom stereocenters. The van der Waals surface area contributed by atoms with Crippen molar-refractivity contribution in [2.75, 3.05) is 13.1 Å². The Hall–Kier alpha value is -1.35. The lowest BCUT2D eigenvalue weighted by atomic mass is 10.0. The van der Waals surface area contributed by atoms with Crippen molar-refractivity contribution in [1.29, 1.82) is 0 Å². The van der Waals surface area contributed by atoms with E-state index in [4.69, 9.17) is 0 Å². The summed E-state index contributed by atoms with van der Waals surface area (Å²) in [7, 11) is 0. The van der Waals surface area contributed by atoms with Crippen molar-refractivity contribution in [2.45, 2.75) is 37.8 Å². The van der Waals surface area contributed by atoms with Gasteiger partial charge >= 0.3 is 0 Å². The van der Waals surface area contributed by atoms with Gasteiger partial charge in [-0.15, -0.1) is 0 Å². The maximum absolute atomic E-state index is 12.4. The van der Waals surface area contributed by atoms with E-state index >= 15 is 0 Å². The van der Waals surface area contributed by atoms with E-state index in [9.17, 15) is 4.79 Å². The number of carbonyl (C=O) groups excluding carboxylic acids is 1. The summed E-state index contributed by atoms with van der Waals surface area (Å²) in [5, 5.41) is 3.15. The molecule has 1 aromatic carbocycles. The number of amides is 1. The molecule has 3 nitrogen and oxygen atoms in total. The van der Waals surface area contributed by atoms with Gasteiger partial charge in [0.1, 0.15) is 6.04 Å². The molecule has 1 aliphatic carbocycles. The second-order valence-corrected chi connectivity index (χ2v) is 5.34. The predicted octanol–water partition coefficient (Wildman–Crippen LogP) is 2.10. The number of nitrogens with one attached hydrogen (secondary N) is 1. The number of likely N-dealkylation sites (tertiary alicyclic amines) is 1. The molecule has 1 aromatic rings. The first-order valence-corrected chi connectivity index (χ1v) is 6.94. The average molecular weight is 244 g/mol. The van der Waals surface area contributed by atoms with Crippen LogP contribution in [0.5, 0.6) is 0 Å². The summed E-state index contributed by atoms with van der Waals surface area (Å²) < 4.78 is 0. The molecule has 0 radical (unpaired) electrons. The fraction of sp³-hybridized carbons (Fsp3) is 0.533. The van der Waals surface area contributed by atoms with E-state index in [-0.39, 0.29) is 11.9 Å². The van der Waals surface area contributed by atoms with E-state index in [0.717, 1.165) is 31.5 Å². The van der Waals surface area contributed by atoms with Crippen molar-refractivity contribution in [3.8, 4) is 0 Å². The highest BCUT2D eigenvalue weighted by Crippen LogP contribution is 2.27. The van der Waals surface area contributed by atoms with Crippen LogP contribution in [-0.2, 0) is 4.79 Å². The second kappa shape index (κ2) is 5.11. The van der Waals surface area contributed by atoms with Crippen LogP contribution >= 0.6 is 0 Å². The van der Waals surface area contributed by atoms with Gasteiger partial charge < -0.3 is 5.32 Å². The molecule has 1 saturated heterocycles. The lowest BCUT2D eigenvalue weighted by Gasteiger charge is -2.26. The summed E-state index contributed by atoms with van der Waals surface area (Å²) >= 11 is 0. The molecule has 1 saturated carbocycles. The first-order chi connectivity index (χ1) is 8.84. The van der Waals surface area contributed by atoms with Crippen LogP contribution in [0.3, 0.4) is 0 Å². The maximum Gasteiger partial charge on any atom is 0.242 e. The molecular formula is C15H20N2O. The minimum atomic E-state index is -0.0886. The molecule has 0 bridgehead atoms. The number of benzene rings is 1. The molecule has 1 aliphatic heterocycles. The standard InChI is InChI=1S/C15H20N2O/c18-15(16-13-8-9-13)14(17-10-4-5-11-17)12-6-2-1-3-7-12/h1-3,6-7,13-14H,4-5,8-11H2,(H,16,18)/t14-/m0/s1.